The zero-order valence-electron chi connectivity index (χ0n) is 17.1. The molecule has 4 rings (SSSR count). The van der Waals surface area contributed by atoms with Crippen LogP contribution in [0.25, 0.3) is 11.2 Å². The molecule has 4 N–H and O–H groups in total. The lowest BCUT2D eigenvalue weighted by Crippen LogP contribution is -2.30. The number of rotatable bonds is 7. The number of aliphatic hydroxyl groups excluding tert-OH is 1. The van der Waals surface area contributed by atoms with Gasteiger partial charge in [-0.2, -0.15) is 0 Å². The topological polar surface area (TPSA) is 102 Å². The second kappa shape index (κ2) is 8.61. The first-order valence-corrected chi connectivity index (χ1v) is 10.1. The highest BCUT2D eigenvalue weighted by Crippen LogP contribution is 2.29. The number of nitrogens with one attached hydrogen (secondary N) is 1. The Labute approximate surface area is 175 Å². The molecule has 154 valence electrons. The molecule has 0 aliphatic heterocycles. The Morgan fingerprint density at radius 1 is 1.00 bits per heavy atom. The van der Waals surface area contributed by atoms with Crippen molar-refractivity contribution in [2.75, 3.05) is 5.32 Å². The molecule has 2 aromatic heterocycles. The van der Waals surface area contributed by atoms with Crippen LogP contribution >= 0.6 is 0 Å². The molecule has 0 spiro atoms. The van der Waals surface area contributed by atoms with Gasteiger partial charge in [0.1, 0.15) is 17.6 Å². The molecule has 0 fully saturated rings. The summed E-state index contributed by atoms with van der Waals surface area (Å²) in [6.07, 6.45) is 0.639. The van der Waals surface area contributed by atoms with Crippen molar-refractivity contribution in [3.63, 3.8) is 0 Å². The van der Waals surface area contributed by atoms with Crippen LogP contribution in [0, 0.1) is 0 Å². The van der Waals surface area contributed by atoms with Gasteiger partial charge in [0.2, 0.25) is 0 Å². The highest BCUT2D eigenvalue weighted by Gasteiger charge is 2.26. The van der Waals surface area contributed by atoms with Crippen molar-refractivity contribution in [1.82, 2.24) is 19.5 Å². The number of hydrogen-bond acceptors (Lipinski definition) is 6. The minimum Gasteiger partial charge on any atom is -0.378 e. The smallest absolute Gasteiger partial charge is 0.166 e. The van der Waals surface area contributed by atoms with E-state index in [1.165, 1.54) is 0 Å². The standard InChI is InChI=1S/C23H26N6O/c1-15(2)29-14-26-19-22(25-13-16-9-5-3-6-10-16)27-21(28-23(19)29)18(20(24)30)17-11-7-4-8-12-17/h3-12,14-15,18,20,30H,13,24H2,1-2H3,(H,25,27,28). The van der Waals surface area contributed by atoms with Gasteiger partial charge in [-0.3, -0.25) is 0 Å². The summed E-state index contributed by atoms with van der Waals surface area (Å²) in [5.74, 6) is 0.532. The average Bonchev–Trinajstić information content (AvgIpc) is 3.18. The number of imidazole rings is 1. The molecule has 0 saturated heterocycles. The zero-order valence-corrected chi connectivity index (χ0v) is 17.1. The fraction of sp³-hybridized carbons (Fsp3) is 0.261. The van der Waals surface area contributed by atoms with E-state index in [1.807, 2.05) is 53.1 Å². The molecule has 4 aromatic rings. The summed E-state index contributed by atoms with van der Waals surface area (Å²) in [5.41, 5.74) is 9.37. The number of fused-ring (bicyclic) bond motifs is 1. The molecular weight excluding hydrogens is 376 g/mol. The summed E-state index contributed by atoms with van der Waals surface area (Å²) in [7, 11) is 0. The van der Waals surface area contributed by atoms with E-state index in [1.54, 1.807) is 6.33 Å². The normalized spacial score (nSPS) is 13.5. The maximum absolute atomic E-state index is 10.4. The third-order valence-corrected chi connectivity index (χ3v) is 5.08. The summed E-state index contributed by atoms with van der Waals surface area (Å²) in [6, 6.07) is 19.9. The van der Waals surface area contributed by atoms with Crippen LogP contribution in [0.15, 0.2) is 67.0 Å². The number of hydrogen-bond donors (Lipinski definition) is 3. The van der Waals surface area contributed by atoms with Crippen LogP contribution in [0.4, 0.5) is 5.82 Å². The first kappa shape index (κ1) is 20.0. The van der Waals surface area contributed by atoms with Gasteiger partial charge in [0.25, 0.3) is 0 Å². The summed E-state index contributed by atoms with van der Waals surface area (Å²) in [4.78, 5) is 14.1. The lowest BCUT2D eigenvalue weighted by Gasteiger charge is -2.20. The maximum atomic E-state index is 10.4. The Balaban J connectivity index is 1.82. The number of aromatic nitrogens is 4. The Bertz CT molecular complexity index is 1110. The largest absolute Gasteiger partial charge is 0.378 e. The second-order valence-corrected chi connectivity index (χ2v) is 7.57. The zero-order chi connectivity index (χ0) is 21.1. The van der Waals surface area contributed by atoms with Gasteiger partial charge in [0.15, 0.2) is 11.5 Å². The molecule has 0 bridgehead atoms. The van der Waals surface area contributed by atoms with Gasteiger partial charge in [-0.1, -0.05) is 60.7 Å². The van der Waals surface area contributed by atoms with Crippen LogP contribution in [-0.2, 0) is 6.54 Å². The number of aliphatic hydroxyl groups is 1. The predicted molar refractivity (Wildman–Crippen MR) is 118 cm³/mol. The van der Waals surface area contributed by atoms with Crippen molar-refractivity contribution < 1.29 is 5.11 Å². The van der Waals surface area contributed by atoms with E-state index < -0.39 is 12.1 Å². The van der Waals surface area contributed by atoms with Crippen LogP contribution in [0.3, 0.4) is 0 Å². The Morgan fingerprint density at radius 3 is 2.30 bits per heavy atom. The molecule has 0 aliphatic rings. The minimum absolute atomic E-state index is 0.178. The van der Waals surface area contributed by atoms with Crippen molar-refractivity contribution in [3.8, 4) is 0 Å². The van der Waals surface area contributed by atoms with Gasteiger partial charge in [-0.15, -0.1) is 0 Å². The van der Waals surface area contributed by atoms with Crippen molar-refractivity contribution in [1.29, 1.82) is 0 Å². The molecule has 0 aliphatic carbocycles. The first-order valence-electron chi connectivity index (χ1n) is 10.1. The quantitative estimate of drug-likeness (QED) is 0.409. The second-order valence-electron chi connectivity index (χ2n) is 7.57. The fourth-order valence-corrected chi connectivity index (χ4v) is 3.51. The summed E-state index contributed by atoms with van der Waals surface area (Å²) in [6.45, 7) is 4.75. The molecule has 2 heterocycles. The predicted octanol–water partition coefficient (Wildman–Crippen LogP) is 3.43. The third kappa shape index (κ3) is 4.03. The highest BCUT2D eigenvalue weighted by atomic mass is 16.3. The highest BCUT2D eigenvalue weighted by molar-refractivity contribution is 5.83. The monoisotopic (exact) mass is 402 g/mol. The molecule has 7 nitrogen and oxygen atoms in total. The minimum atomic E-state index is -1.14. The molecular formula is C23H26N6O. The Morgan fingerprint density at radius 2 is 1.67 bits per heavy atom. The maximum Gasteiger partial charge on any atom is 0.166 e. The van der Waals surface area contributed by atoms with Crippen molar-refractivity contribution >= 4 is 17.0 Å². The number of anilines is 1. The lowest BCUT2D eigenvalue weighted by atomic mass is 9.96. The molecule has 30 heavy (non-hydrogen) atoms. The van der Waals surface area contributed by atoms with Crippen molar-refractivity contribution in [2.24, 2.45) is 5.73 Å². The molecule has 2 unspecified atom stereocenters. The van der Waals surface area contributed by atoms with Crippen LogP contribution in [0.1, 0.15) is 42.8 Å². The number of nitrogens with zero attached hydrogens (tertiary/aromatic N) is 4. The van der Waals surface area contributed by atoms with Crippen LogP contribution in [0.5, 0.6) is 0 Å². The van der Waals surface area contributed by atoms with Gasteiger partial charge in [-0.05, 0) is 25.0 Å². The average molecular weight is 403 g/mol. The molecule has 0 amide bonds. The van der Waals surface area contributed by atoms with Crippen molar-refractivity contribution in [2.45, 2.75) is 38.6 Å². The van der Waals surface area contributed by atoms with Gasteiger partial charge in [0.05, 0.1) is 12.2 Å². The number of nitrogens with two attached hydrogens (primary N) is 1. The van der Waals surface area contributed by atoms with Crippen molar-refractivity contribution in [3.05, 3.63) is 83.9 Å². The van der Waals surface area contributed by atoms with Gasteiger partial charge in [-0.25, -0.2) is 15.0 Å². The fourth-order valence-electron chi connectivity index (χ4n) is 3.51. The van der Waals surface area contributed by atoms with E-state index >= 15 is 0 Å². The summed E-state index contributed by atoms with van der Waals surface area (Å²) < 4.78 is 2.00. The first-order chi connectivity index (χ1) is 14.5. The van der Waals surface area contributed by atoms with Crippen LogP contribution in [0.2, 0.25) is 0 Å². The van der Waals surface area contributed by atoms with Gasteiger partial charge in [0, 0.05) is 12.6 Å². The van der Waals surface area contributed by atoms with E-state index in [2.05, 4.69) is 36.3 Å². The third-order valence-electron chi connectivity index (χ3n) is 5.08. The molecule has 0 radical (unpaired) electrons. The molecule has 2 atom stereocenters. The van der Waals surface area contributed by atoms with Crippen LogP contribution in [-0.4, -0.2) is 30.9 Å². The van der Waals surface area contributed by atoms with E-state index in [4.69, 9.17) is 15.7 Å². The van der Waals surface area contributed by atoms with E-state index in [0.29, 0.717) is 29.4 Å². The summed E-state index contributed by atoms with van der Waals surface area (Å²) >= 11 is 0. The van der Waals surface area contributed by atoms with E-state index in [-0.39, 0.29) is 6.04 Å². The Hall–Kier alpha value is -3.29. The van der Waals surface area contributed by atoms with E-state index in [9.17, 15) is 5.11 Å². The molecule has 2 aromatic carbocycles. The van der Waals surface area contributed by atoms with E-state index in [0.717, 1.165) is 11.1 Å². The Kier molecular flexibility index (Phi) is 5.74. The SMILES string of the molecule is CC(C)n1cnc2c(NCc3ccccc3)nc(C(c3ccccc3)C(N)O)nc21. The molecule has 0 saturated carbocycles. The van der Waals surface area contributed by atoms with Gasteiger partial charge >= 0.3 is 0 Å². The molecule has 7 heteroatoms. The number of benzene rings is 2. The summed E-state index contributed by atoms with van der Waals surface area (Å²) in [5, 5.41) is 13.8. The van der Waals surface area contributed by atoms with Crippen LogP contribution < -0.4 is 11.1 Å². The lowest BCUT2D eigenvalue weighted by molar-refractivity contribution is 0.161. The van der Waals surface area contributed by atoms with Gasteiger partial charge < -0.3 is 20.7 Å².